The second kappa shape index (κ2) is 12.3. The maximum Gasteiger partial charge on any atom is 0.335 e. The number of rotatable bonds is 9. The molecule has 0 spiro atoms. The summed E-state index contributed by atoms with van der Waals surface area (Å²) in [6, 6.07) is 13.8. The minimum atomic E-state index is -1.01. The fourth-order valence-electron chi connectivity index (χ4n) is 3.91. The molecular formula is C28H23ClN4O8. The minimum Gasteiger partial charge on any atom is -0.490 e. The zero-order chi connectivity index (χ0) is 29.7. The first-order valence-corrected chi connectivity index (χ1v) is 12.6. The number of benzene rings is 3. The quantitative estimate of drug-likeness (QED) is 0.161. The highest BCUT2D eigenvalue weighted by Crippen LogP contribution is 2.37. The average molecular weight is 579 g/mol. The summed E-state index contributed by atoms with van der Waals surface area (Å²) < 4.78 is 11.3. The van der Waals surface area contributed by atoms with Crippen LogP contribution in [0.5, 0.6) is 11.5 Å². The van der Waals surface area contributed by atoms with Crippen LogP contribution in [0.2, 0.25) is 5.02 Å². The molecule has 41 heavy (non-hydrogen) atoms. The van der Waals surface area contributed by atoms with E-state index in [1.165, 1.54) is 30.3 Å². The van der Waals surface area contributed by atoms with Crippen LogP contribution in [0.1, 0.15) is 18.1 Å². The molecule has 210 valence electrons. The summed E-state index contributed by atoms with van der Waals surface area (Å²) in [7, 11) is 0. The van der Waals surface area contributed by atoms with E-state index in [1.807, 2.05) is 19.1 Å². The summed E-state index contributed by atoms with van der Waals surface area (Å²) in [4.78, 5) is 61.7. The molecule has 1 aliphatic heterocycles. The number of nitro groups is 1. The van der Waals surface area contributed by atoms with Crippen molar-refractivity contribution in [1.82, 2.24) is 5.32 Å². The molecule has 13 heteroatoms. The molecule has 4 rings (SSSR count). The van der Waals surface area contributed by atoms with Gasteiger partial charge in [-0.15, -0.1) is 0 Å². The van der Waals surface area contributed by atoms with Crippen molar-refractivity contribution in [3.63, 3.8) is 0 Å². The van der Waals surface area contributed by atoms with E-state index >= 15 is 0 Å². The van der Waals surface area contributed by atoms with E-state index in [2.05, 4.69) is 10.6 Å². The Labute approximate surface area is 238 Å². The highest BCUT2D eigenvalue weighted by Gasteiger charge is 2.37. The molecule has 5 amide bonds. The van der Waals surface area contributed by atoms with Crippen molar-refractivity contribution in [2.75, 3.05) is 23.4 Å². The third kappa shape index (κ3) is 6.68. The predicted octanol–water partition coefficient (Wildman–Crippen LogP) is 4.64. The first kappa shape index (κ1) is 28.8. The van der Waals surface area contributed by atoms with Gasteiger partial charge < -0.3 is 14.8 Å². The SMILES string of the molecule is CCOc1cc(/C=C2\C(=O)NC(=O)N(c3ccc([N+](=O)[O-])cc3)C2=O)cc(Cl)c1OCC(=O)Nc1cccc(C)c1. The topological polar surface area (TPSA) is 157 Å². The number of hydrogen-bond donors (Lipinski definition) is 2. The zero-order valence-corrected chi connectivity index (χ0v) is 22.6. The van der Waals surface area contributed by atoms with Gasteiger partial charge in [-0.05, 0) is 67.4 Å². The van der Waals surface area contributed by atoms with E-state index in [0.29, 0.717) is 10.6 Å². The second-order valence-corrected chi connectivity index (χ2v) is 9.11. The molecule has 1 aliphatic rings. The number of urea groups is 1. The fraction of sp³-hybridized carbons (Fsp3) is 0.143. The monoisotopic (exact) mass is 578 g/mol. The van der Waals surface area contributed by atoms with Gasteiger partial charge in [-0.1, -0.05) is 23.7 Å². The van der Waals surface area contributed by atoms with E-state index in [0.717, 1.165) is 17.7 Å². The lowest BCUT2D eigenvalue weighted by Gasteiger charge is -2.26. The van der Waals surface area contributed by atoms with E-state index < -0.39 is 34.2 Å². The third-order valence-electron chi connectivity index (χ3n) is 5.71. The van der Waals surface area contributed by atoms with E-state index in [-0.39, 0.29) is 46.7 Å². The lowest BCUT2D eigenvalue weighted by atomic mass is 10.1. The molecule has 0 aromatic heterocycles. The summed E-state index contributed by atoms with van der Waals surface area (Å²) in [5.74, 6) is -2.09. The van der Waals surface area contributed by atoms with Crippen LogP contribution in [-0.2, 0) is 14.4 Å². The lowest BCUT2D eigenvalue weighted by Crippen LogP contribution is -2.54. The number of nitrogens with zero attached hydrogens (tertiary/aromatic N) is 2. The number of hydrogen-bond acceptors (Lipinski definition) is 8. The van der Waals surface area contributed by atoms with Crippen LogP contribution in [0.25, 0.3) is 6.08 Å². The largest absolute Gasteiger partial charge is 0.490 e. The number of amides is 5. The number of non-ortho nitro benzene ring substituents is 1. The molecule has 3 aromatic carbocycles. The van der Waals surface area contributed by atoms with Crippen LogP contribution >= 0.6 is 11.6 Å². The van der Waals surface area contributed by atoms with Crippen molar-refractivity contribution in [2.45, 2.75) is 13.8 Å². The van der Waals surface area contributed by atoms with Gasteiger partial charge >= 0.3 is 6.03 Å². The molecule has 0 radical (unpaired) electrons. The van der Waals surface area contributed by atoms with Crippen molar-refractivity contribution < 1.29 is 33.6 Å². The molecule has 0 atom stereocenters. The van der Waals surface area contributed by atoms with Crippen molar-refractivity contribution in [3.05, 3.63) is 92.5 Å². The summed E-state index contributed by atoms with van der Waals surface area (Å²) in [5.41, 5.74) is 1.24. The zero-order valence-electron chi connectivity index (χ0n) is 21.8. The van der Waals surface area contributed by atoms with Crippen LogP contribution in [0.4, 0.5) is 21.9 Å². The first-order chi connectivity index (χ1) is 19.6. The summed E-state index contributed by atoms with van der Waals surface area (Å²) >= 11 is 6.44. The fourth-order valence-corrected chi connectivity index (χ4v) is 4.19. The minimum absolute atomic E-state index is 0.0252. The van der Waals surface area contributed by atoms with Gasteiger partial charge in [0, 0.05) is 17.8 Å². The van der Waals surface area contributed by atoms with Gasteiger partial charge in [0.15, 0.2) is 18.1 Å². The molecule has 0 unspecified atom stereocenters. The van der Waals surface area contributed by atoms with E-state index in [1.54, 1.807) is 19.1 Å². The van der Waals surface area contributed by atoms with Crippen molar-refractivity contribution in [1.29, 1.82) is 0 Å². The second-order valence-electron chi connectivity index (χ2n) is 8.70. The number of carbonyl (C=O) groups excluding carboxylic acids is 4. The molecule has 0 saturated carbocycles. The van der Waals surface area contributed by atoms with Crippen molar-refractivity contribution in [2.24, 2.45) is 0 Å². The van der Waals surface area contributed by atoms with Gasteiger partial charge in [0.1, 0.15) is 5.57 Å². The standard InChI is InChI=1S/C28H23ClN4O8/c1-3-40-23-14-17(13-22(29)25(23)41-15-24(34)30-18-6-4-5-16(2)11-18)12-21-26(35)31-28(37)32(27(21)36)19-7-9-20(10-8-19)33(38)39/h4-14H,3,15H2,1-2H3,(H,30,34)(H,31,35,37)/b21-12+. The number of barbiturate groups is 1. The van der Waals surface area contributed by atoms with Crippen molar-refractivity contribution >= 4 is 58.5 Å². The predicted molar refractivity (Wildman–Crippen MR) is 150 cm³/mol. The first-order valence-electron chi connectivity index (χ1n) is 12.2. The summed E-state index contributed by atoms with van der Waals surface area (Å²) in [5, 5.41) is 15.8. The highest BCUT2D eigenvalue weighted by molar-refractivity contribution is 6.39. The van der Waals surface area contributed by atoms with Crippen LogP contribution < -0.4 is 25.0 Å². The van der Waals surface area contributed by atoms with Crippen LogP contribution in [0.15, 0.2) is 66.2 Å². The molecule has 0 aliphatic carbocycles. The van der Waals surface area contributed by atoms with E-state index in [9.17, 15) is 29.3 Å². The van der Waals surface area contributed by atoms with Crippen molar-refractivity contribution in [3.8, 4) is 11.5 Å². The molecule has 0 bridgehead atoms. The molecule has 3 aromatic rings. The van der Waals surface area contributed by atoms with Gasteiger partial charge in [0.2, 0.25) is 0 Å². The number of carbonyl (C=O) groups is 4. The Hall–Kier alpha value is -5.23. The Bertz CT molecular complexity index is 1590. The van der Waals surface area contributed by atoms with Crippen LogP contribution in [0.3, 0.4) is 0 Å². The molecule has 2 N–H and O–H groups in total. The maximum atomic E-state index is 13.2. The van der Waals surface area contributed by atoms with Gasteiger partial charge in [-0.2, -0.15) is 0 Å². The number of aryl methyl sites for hydroxylation is 1. The number of anilines is 2. The van der Waals surface area contributed by atoms with Gasteiger partial charge in [-0.3, -0.25) is 29.8 Å². The Morgan fingerprint density at radius 3 is 2.49 bits per heavy atom. The number of halogens is 1. The average Bonchev–Trinajstić information content (AvgIpc) is 2.91. The normalized spacial score (nSPS) is 14.1. The number of nitrogens with one attached hydrogen (secondary N) is 2. The Balaban J connectivity index is 1.58. The van der Waals surface area contributed by atoms with Gasteiger partial charge in [0.05, 0.1) is 22.2 Å². The van der Waals surface area contributed by atoms with Gasteiger partial charge in [-0.25, -0.2) is 9.69 Å². The number of imide groups is 2. The third-order valence-corrected chi connectivity index (χ3v) is 5.99. The Morgan fingerprint density at radius 1 is 1.10 bits per heavy atom. The molecule has 1 heterocycles. The number of nitro benzene ring substituents is 1. The lowest BCUT2D eigenvalue weighted by molar-refractivity contribution is -0.384. The number of ether oxygens (including phenoxy) is 2. The van der Waals surface area contributed by atoms with Gasteiger partial charge in [0.25, 0.3) is 23.4 Å². The molecule has 1 fully saturated rings. The molecule has 12 nitrogen and oxygen atoms in total. The molecule has 1 saturated heterocycles. The smallest absolute Gasteiger partial charge is 0.335 e. The van der Waals surface area contributed by atoms with Crippen LogP contribution in [0, 0.1) is 17.0 Å². The maximum absolute atomic E-state index is 13.2. The highest BCUT2D eigenvalue weighted by atomic mass is 35.5. The Morgan fingerprint density at radius 2 is 1.83 bits per heavy atom. The van der Waals surface area contributed by atoms with Crippen LogP contribution in [-0.4, -0.2) is 41.9 Å². The Kier molecular flexibility index (Phi) is 8.63. The van der Waals surface area contributed by atoms with E-state index in [4.69, 9.17) is 21.1 Å². The summed E-state index contributed by atoms with van der Waals surface area (Å²) in [6.07, 6.45) is 1.21. The molecular weight excluding hydrogens is 556 g/mol. The summed E-state index contributed by atoms with van der Waals surface area (Å²) in [6.45, 7) is 3.46.